The molecule has 1 aromatic rings. The van der Waals surface area contributed by atoms with Crippen molar-refractivity contribution in [3.05, 3.63) is 34.6 Å². The fourth-order valence-electron chi connectivity index (χ4n) is 3.63. The van der Waals surface area contributed by atoms with Crippen LogP contribution in [0, 0.1) is 11.7 Å². The van der Waals surface area contributed by atoms with E-state index in [9.17, 15) is 9.18 Å². The lowest BCUT2D eigenvalue weighted by molar-refractivity contribution is -0.123. The van der Waals surface area contributed by atoms with Crippen LogP contribution in [-0.2, 0) is 11.3 Å². The van der Waals surface area contributed by atoms with Crippen LogP contribution in [0.1, 0.15) is 31.2 Å². The Balaban J connectivity index is 0.00000225. The molecular weight excluding hydrogens is 364 g/mol. The van der Waals surface area contributed by atoms with Crippen molar-refractivity contribution in [3.8, 4) is 0 Å². The van der Waals surface area contributed by atoms with Gasteiger partial charge in [0.15, 0.2) is 0 Å². The Morgan fingerprint density at radius 2 is 2.20 bits per heavy atom. The molecule has 3 rings (SSSR count). The predicted octanol–water partition coefficient (Wildman–Crippen LogP) is 2.98. The molecule has 4 nitrogen and oxygen atoms in total. The van der Waals surface area contributed by atoms with Crippen LogP contribution >= 0.6 is 24.0 Å². The summed E-state index contributed by atoms with van der Waals surface area (Å²) in [5.74, 6) is 0.304. The number of carbonyl (C=O) groups excluding carboxylic acids is 1. The molecule has 0 spiro atoms. The van der Waals surface area contributed by atoms with Crippen LogP contribution in [0.15, 0.2) is 18.2 Å². The van der Waals surface area contributed by atoms with Gasteiger partial charge in [-0.1, -0.05) is 17.7 Å². The molecule has 0 aromatic heterocycles. The molecule has 2 unspecified atom stereocenters. The van der Waals surface area contributed by atoms with E-state index in [1.807, 2.05) is 0 Å². The summed E-state index contributed by atoms with van der Waals surface area (Å²) >= 11 is 5.81. The summed E-state index contributed by atoms with van der Waals surface area (Å²) in [6, 6.07) is 4.84. The first kappa shape index (κ1) is 20.4. The monoisotopic (exact) mass is 389 g/mol. The number of amides is 1. The zero-order valence-corrected chi connectivity index (χ0v) is 15.8. The number of halogens is 3. The molecule has 0 aliphatic carbocycles. The topological polar surface area (TPSA) is 44.4 Å². The lowest BCUT2D eigenvalue weighted by Gasteiger charge is -2.33. The Morgan fingerprint density at radius 3 is 2.92 bits per heavy atom. The minimum atomic E-state index is -0.245. The number of rotatable bonds is 5. The van der Waals surface area contributed by atoms with Crippen LogP contribution in [0.2, 0.25) is 5.02 Å². The predicted molar refractivity (Wildman–Crippen MR) is 101 cm³/mol. The zero-order valence-electron chi connectivity index (χ0n) is 14.3. The molecule has 2 aliphatic rings. The Morgan fingerprint density at radius 1 is 1.36 bits per heavy atom. The first-order valence-corrected chi connectivity index (χ1v) is 9.17. The summed E-state index contributed by atoms with van der Waals surface area (Å²) in [6.07, 6.45) is 4.19. The third-order valence-corrected chi connectivity index (χ3v) is 5.19. The summed E-state index contributed by atoms with van der Waals surface area (Å²) in [4.78, 5) is 14.4. The third-order valence-electron chi connectivity index (χ3n) is 4.95. The van der Waals surface area contributed by atoms with E-state index in [1.54, 1.807) is 12.1 Å². The van der Waals surface area contributed by atoms with E-state index in [2.05, 4.69) is 15.5 Å². The van der Waals surface area contributed by atoms with Crippen molar-refractivity contribution in [1.82, 2.24) is 15.5 Å². The normalized spacial score (nSPS) is 23.9. The van der Waals surface area contributed by atoms with Crippen LogP contribution in [0.4, 0.5) is 4.39 Å². The highest BCUT2D eigenvalue weighted by Crippen LogP contribution is 2.21. The van der Waals surface area contributed by atoms with Gasteiger partial charge in [0.25, 0.3) is 0 Å². The number of likely N-dealkylation sites (tertiary alicyclic amines) is 1. The summed E-state index contributed by atoms with van der Waals surface area (Å²) in [7, 11) is 0. The van der Waals surface area contributed by atoms with Crippen molar-refractivity contribution >= 4 is 29.9 Å². The molecule has 140 valence electrons. The highest BCUT2D eigenvalue weighted by atomic mass is 35.5. The first-order valence-electron chi connectivity index (χ1n) is 8.79. The summed E-state index contributed by atoms with van der Waals surface area (Å²) in [5, 5.41) is 6.73. The molecule has 2 fully saturated rings. The fraction of sp³-hybridized carbons (Fsp3) is 0.611. The van der Waals surface area contributed by atoms with Gasteiger partial charge in [-0.2, -0.15) is 0 Å². The number of nitrogens with one attached hydrogen (secondary N) is 2. The zero-order chi connectivity index (χ0) is 16.9. The molecule has 2 N–H and O–H groups in total. The van der Waals surface area contributed by atoms with Gasteiger partial charge in [0.2, 0.25) is 5.91 Å². The third kappa shape index (κ3) is 5.81. The van der Waals surface area contributed by atoms with E-state index in [-0.39, 0.29) is 30.2 Å². The number of benzene rings is 1. The minimum Gasteiger partial charge on any atom is -0.354 e. The van der Waals surface area contributed by atoms with Crippen molar-refractivity contribution < 1.29 is 9.18 Å². The Bertz CT molecular complexity index is 581. The molecular formula is C18H26Cl2FN3O. The van der Waals surface area contributed by atoms with E-state index in [0.717, 1.165) is 45.3 Å². The van der Waals surface area contributed by atoms with E-state index in [4.69, 9.17) is 11.6 Å². The largest absolute Gasteiger partial charge is 0.354 e. The molecule has 0 bridgehead atoms. The quantitative estimate of drug-likeness (QED) is 0.813. The summed E-state index contributed by atoms with van der Waals surface area (Å²) < 4.78 is 14.0. The summed E-state index contributed by atoms with van der Waals surface area (Å²) in [5.41, 5.74) is 0.680. The van der Waals surface area contributed by atoms with Crippen molar-refractivity contribution in [2.45, 2.75) is 38.3 Å². The van der Waals surface area contributed by atoms with Crippen molar-refractivity contribution in [1.29, 1.82) is 0 Å². The lowest BCUT2D eigenvalue weighted by Crippen LogP contribution is -2.45. The van der Waals surface area contributed by atoms with Gasteiger partial charge in [0.1, 0.15) is 5.82 Å². The molecule has 2 heterocycles. The van der Waals surface area contributed by atoms with Crippen LogP contribution < -0.4 is 10.6 Å². The number of nitrogens with zero attached hydrogens (tertiary/aromatic N) is 1. The molecule has 7 heteroatoms. The molecule has 1 aromatic carbocycles. The molecule has 25 heavy (non-hydrogen) atoms. The molecule has 2 atom stereocenters. The first-order chi connectivity index (χ1) is 11.6. The maximum absolute atomic E-state index is 14.0. The highest BCUT2D eigenvalue weighted by Gasteiger charge is 2.25. The van der Waals surface area contributed by atoms with Crippen molar-refractivity contribution in [3.63, 3.8) is 0 Å². The van der Waals surface area contributed by atoms with Gasteiger partial charge in [-0.3, -0.25) is 9.69 Å². The van der Waals surface area contributed by atoms with Crippen LogP contribution in [-0.4, -0.2) is 43.0 Å². The van der Waals surface area contributed by atoms with Crippen molar-refractivity contribution in [2.75, 3.05) is 26.2 Å². The van der Waals surface area contributed by atoms with Crippen molar-refractivity contribution in [2.24, 2.45) is 5.92 Å². The number of carbonyl (C=O) groups is 1. The highest BCUT2D eigenvalue weighted by molar-refractivity contribution is 6.30. The number of hydrogen-bond acceptors (Lipinski definition) is 3. The van der Waals surface area contributed by atoms with Gasteiger partial charge >= 0.3 is 0 Å². The van der Waals surface area contributed by atoms with Crippen LogP contribution in [0.5, 0.6) is 0 Å². The number of piperidine rings is 1. The van der Waals surface area contributed by atoms with Gasteiger partial charge in [-0.25, -0.2) is 4.39 Å². The van der Waals surface area contributed by atoms with Gasteiger partial charge in [-0.05, 0) is 56.8 Å². The van der Waals surface area contributed by atoms with E-state index < -0.39 is 0 Å². The Kier molecular flexibility index (Phi) is 7.94. The van der Waals surface area contributed by atoms with Crippen LogP contribution in [0.3, 0.4) is 0 Å². The standard InChI is InChI=1S/C18H25ClFN3O.ClH/c19-15-6-5-14(16(20)9-15)12-23-8-2-3-13(11-23)10-22-18(24)17-4-1-7-21-17;/h5-6,9,13,17,21H,1-4,7-8,10-12H2,(H,22,24);1H. The second-order valence-corrected chi connectivity index (χ2v) is 7.31. The molecule has 2 aliphatic heterocycles. The van der Waals surface area contributed by atoms with E-state index in [0.29, 0.717) is 29.6 Å². The lowest BCUT2D eigenvalue weighted by atomic mass is 9.97. The molecule has 0 saturated carbocycles. The maximum Gasteiger partial charge on any atom is 0.237 e. The fourth-order valence-corrected chi connectivity index (χ4v) is 3.79. The SMILES string of the molecule is Cl.O=C(NCC1CCCN(Cc2ccc(Cl)cc2F)C1)C1CCCN1. The average Bonchev–Trinajstić information content (AvgIpc) is 3.10. The van der Waals surface area contributed by atoms with Gasteiger partial charge in [0, 0.05) is 30.2 Å². The summed E-state index contributed by atoms with van der Waals surface area (Å²) in [6.45, 7) is 4.09. The number of hydrogen-bond donors (Lipinski definition) is 2. The molecule has 2 saturated heterocycles. The second-order valence-electron chi connectivity index (χ2n) is 6.87. The molecule has 0 radical (unpaired) electrons. The smallest absolute Gasteiger partial charge is 0.237 e. The van der Waals surface area contributed by atoms with E-state index >= 15 is 0 Å². The van der Waals surface area contributed by atoms with Gasteiger partial charge in [0.05, 0.1) is 6.04 Å². The van der Waals surface area contributed by atoms with Gasteiger partial charge in [-0.15, -0.1) is 12.4 Å². The average molecular weight is 390 g/mol. The van der Waals surface area contributed by atoms with Gasteiger partial charge < -0.3 is 10.6 Å². The Labute approximate surface area is 159 Å². The van der Waals surface area contributed by atoms with Crippen LogP contribution in [0.25, 0.3) is 0 Å². The Hall–Kier alpha value is -0.880. The minimum absolute atomic E-state index is 0. The molecule has 1 amide bonds. The maximum atomic E-state index is 14.0. The second kappa shape index (κ2) is 9.72. The van der Waals surface area contributed by atoms with E-state index in [1.165, 1.54) is 6.07 Å².